The van der Waals surface area contributed by atoms with Gasteiger partial charge in [0.1, 0.15) is 6.04 Å². The summed E-state index contributed by atoms with van der Waals surface area (Å²) in [5, 5.41) is 19.2. The van der Waals surface area contributed by atoms with Gasteiger partial charge in [0.25, 0.3) is 0 Å². The summed E-state index contributed by atoms with van der Waals surface area (Å²) >= 11 is 0. The highest BCUT2D eigenvalue weighted by Crippen LogP contribution is 1.79. The van der Waals surface area contributed by atoms with E-state index in [1.807, 2.05) is 0 Å². The molecule has 54 valence electrons. The van der Waals surface area contributed by atoms with E-state index in [0.717, 1.165) is 0 Å². The number of aliphatic carboxylic acids is 1. The Kier molecular flexibility index (Phi) is 3.10. The fourth-order valence-electron chi connectivity index (χ4n) is 0.404. The Morgan fingerprint density at radius 1 is 2.00 bits per heavy atom. The van der Waals surface area contributed by atoms with Crippen molar-refractivity contribution in [2.24, 2.45) is 0 Å². The van der Waals surface area contributed by atoms with Crippen LogP contribution >= 0.6 is 0 Å². The number of nitrogens with one attached hydrogen (secondary N) is 1. The van der Waals surface area contributed by atoms with Gasteiger partial charge < -0.3 is 15.5 Å². The first kappa shape index (κ1) is 6.51. The van der Waals surface area contributed by atoms with Crippen LogP contribution in [0.4, 0.5) is 0 Å². The number of carbonyl (C=O) groups is 1. The summed E-state index contributed by atoms with van der Waals surface area (Å²) < 4.78 is 6.67. The maximum Gasteiger partial charge on any atom is 0.323 e. The van der Waals surface area contributed by atoms with Gasteiger partial charge >= 0.3 is 5.97 Å². The number of aliphatic hydroxyl groups is 1. The van der Waals surface area contributed by atoms with E-state index in [-0.39, 0.29) is 13.4 Å². The van der Waals surface area contributed by atoms with E-state index in [9.17, 15) is 4.79 Å². The van der Waals surface area contributed by atoms with Crippen LogP contribution in [0, 0.1) is 0 Å². The molecule has 0 saturated heterocycles. The van der Waals surface area contributed by atoms with Crippen molar-refractivity contribution in [1.29, 1.82) is 0 Å². The second kappa shape index (κ2) is 4.29. The molecule has 0 aromatic heterocycles. The molecule has 0 bridgehead atoms. The minimum atomic E-state index is -1.09. The zero-order valence-electron chi connectivity index (χ0n) is 6.00. The fraction of sp³-hybridized carbons (Fsp3) is 0.800. The average Bonchev–Trinajstić information content (AvgIpc) is 1.89. The van der Waals surface area contributed by atoms with Gasteiger partial charge in [-0.1, -0.05) is 6.90 Å². The lowest BCUT2D eigenvalue weighted by atomic mass is 10.3. The van der Waals surface area contributed by atoms with E-state index in [2.05, 4.69) is 5.32 Å². The second-order valence-corrected chi connectivity index (χ2v) is 1.53. The molecule has 0 rings (SSSR count). The Morgan fingerprint density at radius 3 is 3.00 bits per heavy atom. The van der Waals surface area contributed by atoms with Crippen LogP contribution in [0.15, 0.2) is 0 Å². The summed E-state index contributed by atoms with van der Waals surface area (Å²) in [6, 6.07) is -0.926. The van der Waals surface area contributed by atoms with E-state index in [1.54, 1.807) is 0 Å². The van der Waals surface area contributed by atoms with Crippen molar-refractivity contribution in [3.05, 3.63) is 0 Å². The summed E-state index contributed by atoms with van der Waals surface area (Å²) in [6.45, 7) is -0.0311. The van der Waals surface area contributed by atoms with E-state index < -0.39 is 18.6 Å². The lowest BCUT2D eigenvalue weighted by Gasteiger charge is -2.07. The van der Waals surface area contributed by atoms with Crippen molar-refractivity contribution >= 4 is 5.97 Å². The summed E-state index contributed by atoms with van der Waals surface area (Å²) in [4.78, 5) is 10.2. The summed E-state index contributed by atoms with van der Waals surface area (Å²) in [5.74, 6) is -1.09. The van der Waals surface area contributed by atoms with Crippen LogP contribution in [0.3, 0.4) is 0 Å². The molecule has 0 spiro atoms. The molecule has 0 aliphatic heterocycles. The highest BCUT2D eigenvalue weighted by Gasteiger charge is 2.12. The smallest absolute Gasteiger partial charge is 0.323 e. The van der Waals surface area contributed by atoms with Gasteiger partial charge in [0.2, 0.25) is 0 Å². The van der Waals surface area contributed by atoms with Crippen LogP contribution in [-0.4, -0.2) is 35.4 Å². The predicted molar refractivity (Wildman–Crippen MR) is 32.2 cm³/mol. The van der Waals surface area contributed by atoms with Crippen molar-refractivity contribution in [2.45, 2.75) is 12.9 Å². The predicted octanol–water partition coefficient (Wildman–Crippen LogP) is -0.959. The van der Waals surface area contributed by atoms with Gasteiger partial charge in [-0.05, 0) is 6.54 Å². The van der Waals surface area contributed by atoms with Crippen LogP contribution < -0.4 is 5.32 Å². The number of hydrogen-bond acceptors (Lipinski definition) is 3. The number of rotatable bonds is 4. The zero-order valence-corrected chi connectivity index (χ0v) is 5.00. The minimum absolute atomic E-state index is 0.115. The summed E-state index contributed by atoms with van der Waals surface area (Å²) in [6.07, 6.45) is 0. The van der Waals surface area contributed by atoms with Gasteiger partial charge in [0.05, 0.1) is 6.61 Å². The highest BCUT2D eigenvalue weighted by molar-refractivity contribution is 5.73. The number of carboxylic acid groups (broad SMARTS) is 1. The van der Waals surface area contributed by atoms with Crippen molar-refractivity contribution in [2.75, 3.05) is 13.2 Å². The Labute approximate surface area is 54.9 Å². The largest absolute Gasteiger partial charge is 0.480 e. The molecule has 1 atom stereocenters. The normalized spacial score (nSPS) is 14.6. The fourth-order valence-corrected chi connectivity index (χ4v) is 0.404. The molecule has 4 heteroatoms. The van der Waals surface area contributed by atoms with Gasteiger partial charge in [-0.15, -0.1) is 0 Å². The minimum Gasteiger partial charge on any atom is -0.480 e. The first-order chi connectivity index (χ1) is 4.72. The Hall–Kier alpha value is -0.610. The Balaban J connectivity index is 3.50. The monoisotopic (exact) mass is 134 g/mol. The molecule has 4 nitrogen and oxygen atoms in total. The molecule has 0 radical (unpaired) electrons. The van der Waals surface area contributed by atoms with Crippen LogP contribution in [0.2, 0.25) is 0 Å². The van der Waals surface area contributed by atoms with Crippen molar-refractivity contribution in [3.8, 4) is 0 Å². The van der Waals surface area contributed by atoms with Crippen LogP contribution in [0.1, 0.15) is 8.27 Å². The van der Waals surface area contributed by atoms with Gasteiger partial charge in [0, 0.05) is 1.37 Å². The Morgan fingerprint density at radius 2 is 2.67 bits per heavy atom. The summed E-state index contributed by atoms with van der Waals surface area (Å²) in [7, 11) is 0. The van der Waals surface area contributed by atoms with E-state index in [1.165, 1.54) is 0 Å². The third kappa shape index (κ3) is 3.05. The quantitative estimate of drug-likeness (QED) is 0.463. The third-order valence-electron chi connectivity index (χ3n) is 0.871. The maximum absolute atomic E-state index is 10.2. The molecule has 0 aliphatic carbocycles. The third-order valence-corrected chi connectivity index (χ3v) is 0.871. The molecule has 0 heterocycles. The standard InChI is InChI=1S/C5H11NO3/c1-2-6-4(3-7)5(8)9/h4,6-7H,2-3H2,1H3,(H,8,9)/t4-/m0/s1/i1D. The molecule has 0 fully saturated rings. The number of hydrogen-bond donors (Lipinski definition) is 3. The molecule has 0 saturated carbocycles. The van der Waals surface area contributed by atoms with E-state index >= 15 is 0 Å². The topological polar surface area (TPSA) is 69.6 Å². The number of likely N-dealkylation sites (N-methyl/N-ethyl adjacent to an activating group) is 1. The zero-order chi connectivity index (χ0) is 7.98. The van der Waals surface area contributed by atoms with Crippen LogP contribution in [0.5, 0.6) is 0 Å². The molecule has 9 heavy (non-hydrogen) atoms. The highest BCUT2D eigenvalue weighted by atomic mass is 16.4. The van der Waals surface area contributed by atoms with Crippen molar-refractivity contribution in [1.82, 2.24) is 5.32 Å². The first-order valence-corrected chi connectivity index (χ1v) is 2.58. The van der Waals surface area contributed by atoms with Crippen molar-refractivity contribution < 1.29 is 16.4 Å². The number of carboxylic acids is 1. The maximum atomic E-state index is 10.2. The van der Waals surface area contributed by atoms with Crippen LogP contribution in [-0.2, 0) is 4.79 Å². The molecule has 3 N–H and O–H groups in total. The molecular formula is C5H11NO3. The number of aliphatic hydroxyl groups excluding tert-OH is 1. The summed E-state index contributed by atoms with van der Waals surface area (Å²) in [5.41, 5.74) is 0. The van der Waals surface area contributed by atoms with Gasteiger partial charge in [-0.2, -0.15) is 0 Å². The molecule has 0 aromatic carbocycles. The van der Waals surface area contributed by atoms with Gasteiger partial charge in [-0.25, -0.2) is 0 Å². The molecule has 0 aliphatic rings. The van der Waals surface area contributed by atoms with Crippen molar-refractivity contribution in [3.63, 3.8) is 0 Å². The molecule has 0 unspecified atom stereocenters. The van der Waals surface area contributed by atoms with Gasteiger partial charge in [-0.3, -0.25) is 4.79 Å². The molecule has 0 aromatic rings. The average molecular weight is 134 g/mol. The second-order valence-electron chi connectivity index (χ2n) is 1.53. The SMILES string of the molecule is [2H]CCN[C@@H](CO)C(=O)O. The van der Waals surface area contributed by atoms with E-state index in [4.69, 9.17) is 11.6 Å². The van der Waals surface area contributed by atoms with E-state index in [0.29, 0.717) is 0 Å². The Bertz CT molecular complexity index is 109. The molecular weight excluding hydrogens is 122 g/mol. The molecule has 0 amide bonds. The van der Waals surface area contributed by atoms with Crippen LogP contribution in [0.25, 0.3) is 0 Å². The lowest BCUT2D eigenvalue weighted by molar-refractivity contribution is -0.140. The van der Waals surface area contributed by atoms with Gasteiger partial charge in [0.15, 0.2) is 0 Å². The lowest BCUT2D eigenvalue weighted by Crippen LogP contribution is -2.39. The first-order valence-electron chi connectivity index (χ1n) is 3.29.